The highest BCUT2D eigenvalue weighted by atomic mass is 16.3. The van der Waals surface area contributed by atoms with E-state index in [9.17, 15) is 0 Å². The molecule has 0 spiro atoms. The number of furan rings is 1. The van der Waals surface area contributed by atoms with Gasteiger partial charge in [-0.25, -0.2) is 0 Å². The van der Waals surface area contributed by atoms with Crippen LogP contribution in [0.1, 0.15) is 35.3 Å². The summed E-state index contributed by atoms with van der Waals surface area (Å²) in [7, 11) is 0. The molecule has 3 aromatic rings. The van der Waals surface area contributed by atoms with Crippen molar-refractivity contribution < 1.29 is 4.42 Å². The summed E-state index contributed by atoms with van der Waals surface area (Å²) in [6.45, 7) is 2.07. The van der Waals surface area contributed by atoms with Gasteiger partial charge in [-0.3, -0.25) is 0 Å². The Hall–Kier alpha value is -2.06. The van der Waals surface area contributed by atoms with Crippen LogP contribution in [0.25, 0.3) is 11.0 Å². The molecule has 1 aromatic heterocycles. The molecule has 2 aromatic carbocycles. The first-order valence-corrected chi connectivity index (χ1v) is 7.53. The van der Waals surface area contributed by atoms with Crippen molar-refractivity contribution in [1.82, 2.24) is 0 Å². The number of rotatable bonds is 3. The molecule has 2 heteroatoms. The maximum atomic E-state index is 6.45. The molecule has 0 radical (unpaired) electrons. The maximum absolute atomic E-state index is 6.45. The molecule has 0 bridgehead atoms. The van der Waals surface area contributed by atoms with E-state index in [4.69, 9.17) is 10.2 Å². The van der Waals surface area contributed by atoms with Crippen LogP contribution < -0.4 is 5.73 Å². The van der Waals surface area contributed by atoms with E-state index in [-0.39, 0.29) is 6.04 Å². The Kier molecular flexibility index (Phi) is 2.86. The van der Waals surface area contributed by atoms with Gasteiger partial charge in [0.05, 0.1) is 6.04 Å². The zero-order chi connectivity index (χ0) is 14.4. The molecule has 1 aliphatic carbocycles. The van der Waals surface area contributed by atoms with Crippen molar-refractivity contribution in [3.63, 3.8) is 0 Å². The van der Waals surface area contributed by atoms with Gasteiger partial charge in [0.25, 0.3) is 0 Å². The molecule has 0 saturated heterocycles. The Morgan fingerprint density at radius 3 is 2.67 bits per heavy atom. The molecule has 0 amide bonds. The third-order valence-corrected chi connectivity index (χ3v) is 4.62. The number of hydrogen-bond acceptors (Lipinski definition) is 2. The summed E-state index contributed by atoms with van der Waals surface area (Å²) in [6.07, 6.45) is 1.15. The van der Waals surface area contributed by atoms with Crippen LogP contribution in [0.15, 0.2) is 59.0 Å². The van der Waals surface area contributed by atoms with Gasteiger partial charge in [-0.05, 0) is 42.4 Å². The molecule has 3 atom stereocenters. The zero-order valence-electron chi connectivity index (χ0n) is 12.1. The van der Waals surface area contributed by atoms with Crippen LogP contribution in [0.5, 0.6) is 0 Å². The second-order valence-electron chi connectivity index (χ2n) is 6.08. The zero-order valence-corrected chi connectivity index (χ0v) is 12.1. The van der Waals surface area contributed by atoms with Crippen molar-refractivity contribution in [3.05, 3.63) is 71.5 Å². The number of para-hydroxylation sites is 1. The molecule has 4 rings (SSSR count). The summed E-state index contributed by atoms with van der Waals surface area (Å²) in [5, 5.41) is 1.15. The second-order valence-corrected chi connectivity index (χ2v) is 6.08. The van der Waals surface area contributed by atoms with Gasteiger partial charge in [0.1, 0.15) is 11.3 Å². The summed E-state index contributed by atoms with van der Waals surface area (Å²) in [4.78, 5) is 0. The minimum atomic E-state index is -0.0120. The van der Waals surface area contributed by atoms with Crippen LogP contribution in [-0.2, 0) is 0 Å². The van der Waals surface area contributed by atoms with E-state index in [1.54, 1.807) is 0 Å². The maximum Gasteiger partial charge on any atom is 0.137 e. The highest BCUT2D eigenvalue weighted by Gasteiger charge is 2.44. The molecule has 1 aliphatic rings. The first-order valence-electron chi connectivity index (χ1n) is 7.53. The van der Waals surface area contributed by atoms with Crippen LogP contribution in [0, 0.1) is 12.8 Å². The van der Waals surface area contributed by atoms with E-state index in [2.05, 4.69) is 61.5 Å². The molecule has 3 unspecified atom stereocenters. The molecule has 21 heavy (non-hydrogen) atoms. The minimum Gasteiger partial charge on any atom is -0.459 e. The Morgan fingerprint density at radius 1 is 1.10 bits per heavy atom. The molecular formula is C19H19NO. The van der Waals surface area contributed by atoms with E-state index in [0.717, 1.165) is 23.2 Å². The average Bonchev–Trinajstić information content (AvgIpc) is 3.19. The lowest BCUT2D eigenvalue weighted by molar-refractivity contribution is 0.461. The summed E-state index contributed by atoms with van der Waals surface area (Å²) in [6, 6.07) is 19.0. The lowest BCUT2D eigenvalue weighted by atomic mass is 10.0. The number of hydrogen-bond donors (Lipinski definition) is 1. The van der Waals surface area contributed by atoms with Gasteiger partial charge >= 0.3 is 0 Å². The number of benzene rings is 2. The van der Waals surface area contributed by atoms with Crippen LogP contribution in [0.4, 0.5) is 0 Å². The topological polar surface area (TPSA) is 39.2 Å². The fourth-order valence-electron chi connectivity index (χ4n) is 3.30. The van der Waals surface area contributed by atoms with Crippen molar-refractivity contribution in [2.24, 2.45) is 11.7 Å². The van der Waals surface area contributed by atoms with Gasteiger partial charge in [0, 0.05) is 5.39 Å². The van der Waals surface area contributed by atoms with Gasteiger partial charge in [0.15, 0.2) is 0 Å². The standard InChI is InChI=1S/C19H19NO/c1-12-6-5-9-14-10-17(21-19(12)14)18(20)16-11-15(16)13-7-3-2-4-8-13/h2-10,15-16,18H,11,20H2,1H3. The average molecular weight is 277 g/mol. The monoisotopic (exact) mass is 277 g/mol. The summed E-state index contributed by atoms with van der Waals surface area (Å²) in [5.41, 5.74) is 9.98. The largest absolute Gasteiger partial charge is 0.459 e. The van der Waals surface area contributed by atoms with Crippen molar-refractivity contribution in [1.29, 1.82) is 0 Å². The fraction of sp³-hybridized carbons (Fsp3) is 0.263. The lowest BCUT2D eigenvalue weighted by Crippen LogP contribution is -2.12. The minimum absolute atomic E-state index is 0.0120. The molecule has 0 aliphatic heterocycles. The summed E-state index contributed by atoms with van der Waals surface area (Å²) in [5.74, 6) is 1.99. The Balaban J connectivity index is 1.60. The van der Waals surface area contributed by atoms with E-state index in [1.165, 1.54) is 11.1 Å². The highest BCUT2D eigenvalue weighted by Crippen LogP contribution is 2.53. The predicted octanol–water partition coefficient (Wildman–Crippen LogP) is 4.54. The van der Waals surface area contributed by atoms with E-state index in [1.807, 2.05) is 0 Å². The van der Waals surface area contributed by atoms with Crippen molar-refractivity contribution in [3.8, 4) is 0 Å². The van der Waals surface area contributed by atoms with Gasteiger partial charge in [-0.15, -0.1) is 0 Å². The first-order chi connectivity index (χ1) is 10.2. The normalized spacial score (nSPS) is 22.4. The molecular weight excluding hydrogens is 258 g/mol. The number of fused-ring (bicyclic) bond motifs is 1. The Morgan fingerprint density at radius 2 is 1.90 bits per heavy atom. The first kappa shape index (κ1) is 12.7. The van der Waals surface area contributed by atoms with E-state index < -0.39 is 0 Å². The van der Waals surface area contributed by atoms with Crippen LogP contribution in [0.2, 0.25) is 0 Å². The quantitative estimate of drug-likeness (QED) is 0.763. The Labute approximate surface area is 124 Å². The predicted molar refractivity (Wildman–Crippen MR) is 85.2 cm³/mol. The SMILES string of the molecule is Cc1cccc2cc(C(N)C3CC3c3ccccc3)oc12. The van der Waals surface area contributed by atoms with Crippen LogP contribution in [-0.4, -0.2) is 0 Å². The third kappa shape index (κ3) is 2.16. The molecule has 106 valence electrons. The van der Waals surface area contributed by atoms with E-state index >= 15 is 0 Å². The van der Waals surface area contributed by atoms with Gasteiger partial charge in [-0.1, -0.05) is 48.5 Å². The summed E-state index contributed by atoms with van der Waals surface area (Å²) >= 11 is 0. The third-order valence-electron chi connectivity index (χ3n) is 4.62. The molecule has 1 fully saturated rings. The highest BCUT2D eigenvalue weighted by molar-refractivity contribution is 5.81. The van der Waals surface area contributed by atoms with Gasteiger partial charge < -0.3 is 10.2 Å². The molecule has 1 saturated carbocycles. The summed E-state index contributed by atoms with van der Waals surface area (Å²) < 4.78 is 6.02. The molecule has 1 heterocycles. The second kappa shape index (κ2) is 4.74. The van der Waals surface area contributed by atoms with Crippen molar-refractivity contribution in [2.45, 2.75) is 25.3 Å². The van der Waals surface area contributed by atoms with Crippen LogP contribution >= 0.6 is 0 Å². The van der Waals surface area contributed by atoms with Crippen molar-refractivity contribution in [2.75, 3.05) is 0 Å². The van der Waals surface area contributed by atoms with Crippen molar-refractivity contribution >= 4 is 11.0 Å². The van der Waals surface area contributed by atoms with Gasteiger partial charge in [0.2, 0.25) is 0 Å². The lowest BCUT2D eigenvalue weighted by Gasteiger charge is -2.08. The smallest absolute Gasteiger partial charge is 0.137 e. The number of nitrogens with two attached hydrogens (primary N) is 1. The van der Waals surface area contributed by atoms with Gasteiger partial charge in [-0.2, -0.15) is 0 Å². The van der Waals surface area contributed by atoms with E-state index in [0.29, 0.717) is 11.8 Å². The van der Waals surface area contributed by atoms with Crippen LogP contribution in [0.3, 0.4) is 0 Å². The molecule has 2 nitrogen and oxygen atoms in total. The Bertz CT molecular complexity index is 775. The molecule has 2 N–H and O–H groups in total. The number of aryl methyl sites for hydroxylation is 1. The fourth-order valence-corrected chi connectivity index (χ4v) is 3.30.